The Bertz CT molecular complexity index is 1060. The quantitative estimate of drug-likeness (QED) is 0.500. The van der Waals surface area contributed by atoms with E-state index in [1.807, 2.05) is 6.92 Å². The lowest BCUT2D eigenvalue weighted by atomic mass is 10.1. The van der Waals surface area contributed by atoms with Gasteiger partial charge in [-0.3, -0.25) is 13.9 Å². The van der Waals surface area contributed by atoms with Crippen LogP contribution in [0.25, 0.3) is 0 Å². The summed E-state index contributed by atoms with van der Waals surface area (Å²) >= 11 is 0. The van der Waals surface area contributed by atoms with Gasteiger partial charge in [0.05, 0.1) is 11.9 Å². The lowest BCUT2D eigenvalue weighted by molar-refractivity contribution is -0.139. The van der Waals surface area contributed by atoms with Gasteiger partial charge in [-0.05, 0) is 43.2 Å². The van der Waals surface area contributed by atoms with Crippen LogP contribution >= 0.6 is 0 Å². The Morgan fingerprint density at radius 3 is 2.27 bits per heavy atom. The van der Waals surface area contributed by atoms with Gasteiger partial charge in [-0.25, -0.2) is 17.2 Å². The molecule has 0 bridgehead atoms. The molecule has 0 aliphatic carbocycles. The second-order valence-electron chi connectivity index (χ2n) is 7.69. The van der Waals surface area contributed by atoms with Crippen LogP contribution in [0.15, 0.2) is 48.5 Å². The molecule has 0 aromatic heterocycles. The van der Waals surface area contributed by atoms with E-state index in [9.17, 15) is 26.8 Å². The molecule has 0 saturated heterocycles. The Morgan fingerprint density at radius 1 is 1.06 bits per heavy atom. The maximum absolute atomic E-state index is 14.3. The Labute approximate surface area is 193 Å². The number of rotatable bonds is 11. The summed E-state index contributed by atoms with van der Waals surface area (Å²) in [5.74, 6) is -2.36. The molecule has 0 fully saturated rings. The molecule has 0 radical (unpaired) electrons. The van der Waals surface area contributed by atoms with E-state index in [1.54, 1.807) is 0 Å². The second-order valence-corrected chi connectivity index (χ2v) is 9.60. The molecule has 2 amide bonds. The zero-order valence-electron chi connectivity index (χ0n) is 18.9. The smallest absolute Gasteiger partial charge is 0.244 e. The maximum atomic E-state index is 14.3. The molecule has 7 nitrogen and oxygen atoms in total. The van der Waals surface area contributed by atoms with Crippen molar-refractivity contribution in [2.45, 2.75) is 39.3 Å². The summed E-state index contributed by atoms with van der Waals surface area (Å²) in [6.45, 7) is 3.17. The summed E-state index contributed by atoms with van der Waals surface area (Å²) in [5, 5.41) is 2.75. The minimum Gasteiger partial charge on any atom is -0.354 e. The number of amides is 2. The SMILES string of the molecule is CCCCNC(=O)[C@H](C)N(Cc1ccc(F)cc1)C(=O)CN(c1ccccc1F)S(C)(=O)=O. The monoisotopic (exact) mass is 481 g/mol. The topological polar surface area (TPSA) is 86.8 Å². The van der Waals surface area contributed by atoms with E-state index < -0.39 is 46.1 Å². The number of carbonyl (C=O) groups is 2. The van der Waals surface area contributed by atoms with Crippen molar-refractivity contribution in [1.29, 1.82) is 0 Å². The minimum absolute atomic E-state index is 0.0592. The predicted molar refractivity (Wildman–Crippen MR) is 123 cm³/mol. The summed E-state index contributed by atoms with van der Waals surface area (Å²) < 4.78 is 53.1. The Kier molecular flexibility index (Phi) is 9.33. The van der Waals surface area contributed by atoms with Gasteiger partial charge in [0.1, 0.15) is 24.2 Å². The Balaban J connectivity index is 2.34. The van der Waals surface area contributed by atoms with Crippen molar-refractivity contribution >= 4 is 27.5 Å². The highest BCUT2D eigenvalue weighted by molar-refractivity contribution is 7.92. The summed E-state index contributed by atoms with van der Waals surface area (Å²) in [5.41, 5.74) is 0.282. The van der Waals surface area contributed by atoms with E-state index in [4.69, 9.17) is 0 Å². The fourth-order valence-corrected chi connectivity index (χ4v) is 4.00. The molecule has 1 atom stereocenters. The van der Waals surface area contributed by atoms with E-state index in [-0.39, 0.29) is 12.2 Å². The van der Waals surface area contributed by atoms with Crippen LogP contribution in [0.3, 0.4) is 0 Å². The van der Waals surface area contributed by atoms with Crippen molar-refractivity contribution in [3.63, 3.8) is 0 Å². The first-order chi connectivity index (χ1) is 15.5. The van der Waals surface area contributed by atoms with Crippen LogP contribution in [0.4, 0.5) is 14.5 Å². The van der Waals surface area contributed by atoms with Gasteiger partial charge in [-0.15, -0.1) is 0 Å². The molecule has 1 N–H and O–H groups in total. The highest BCUT2D eigenvalue weighted by Gasteiger charge is 2.30. The third-order valence-corrected chi connectivity index (χ3v) is 6.19. The van der Waals surface area contributed by atoms with Crippen LogP contribution in [0.5, 0.6) is 0 Å². The van der Waals surface area contributed by atoms with Crippen molar-refractivity contribution < 1.29 is 26.8 Å². The standard InChI is InChI=1S/C23H29F2N3O4S/c1-4-5-14-26-23(30)17(2)27(15-18-10-12-19(24)13-11-18)22(29)16-28(33(3,31)32)21-9-7-6-8-20(21)25/h6-13,17H,4-5,14-16H2,1-3H3,(H,26,30)/t17-/m0/s1. The van der Waals surface area contributed by atoms with Gasteiger partial charge in [0.2, 0.25) is 21.8 Å². The largest absolute Gasteiger partial charge is 0.354 e. The number of para-hydroxylation sites is 1. The average Bonchev–Trinajstić information content (AvgIpc) is 2.76. The van der Waals surface area contributed by atoms with E-state index in [1.165, 1.54) is 54.3 Å². The molecule has 180 valence electrons. The molecule has 0 spiro atoms. The van der Waals surface area contributed by atoms with E-state index in [0.717, 1.165) is 25.2 Å². The van der Waals surface area contributed by atoms with Crippen LogP contribution in [0.2, 0.25) is 0 Å². The predicted octanol–water partition coefficient (Wildman–Crippen LogP) is 3.06. The van der Waals surface area contributed by atoms with Gasteiger partial charge >= 0.3 is 0 Å². The van der Waals surface area contributed by atoms with E-state index in [2.05, 4.69) is 5.32 Å². The normalized spacial score (nSPS) is 12.2. The van der Waals surface area contributed by atoms with Gasteiger partial charge in [0, 0.05) is 13.1 Å². The molecule has 2 aromatic rings. The zero-order valence-corrected chi connectivity index (χ0v) is 19.7. The fraction of sp³-hybridized carbons (Fsp3) is 0.391. The molecule has 2 aromatic carbocycles. The van der Waals surface area contributed by atoms with E-state index >= 15 is 0 Å². The molecular weight excluding hydrogens is 452 g/mol. The van der Waals surface area contributed by atoms with Crippen molar-refractivity contribution in [2.24, 2.45) is 0 Å². The highest BCUT2D eigenvalue weighted by Crippen LogP contribution is 2.22. The third kappa shape index (κ3) is 7.52. The van der Waals surface area contributed by atoms with Crippen molar-refractivity contribution in [3.8, 4) is 0 Å². The second kappa shape index (κ2) is 11.7. The first-order valence-corrected chi connectivity index (χ1v) is 12.4. The molecule has 10 heteroatoms. The summed E-state index contributed by atoms with van der Waals surface area (Å²) in [6, 6.07) is 9.68. The maximum Gasteiger partial charge on any atom is 0.244 e. The Morgan fingerprint density at radius 2 is 1.70 bits per heavy atom. The average molecular weight is 482 g/mol. The molecule has 2 rings (SSSR count). The van der Waals surface area contributed by atoms with E-state index in [0.29, 0.717) is 16.4 Å². The Hall–Kier alpha value is -3.01. The van der Waals surface area contributed by atoms with Crippen molar-refractivity contribution in [3.05, 3.63) is 65.7 Å². The van der Waals surface area contributed by atoms with Crippen molar-refractivity contribution in [1.82, 2.24) is 10.2 Å². The number of carbonyl (C=O) groups excluding carboxylic acids is 2. The number of anilines is 1. The first kappa shape index (κ1) is 26.2. The first-order valence-electron chi connectivity index (χ1n) is 10.6. The summed E-state index contributed by atoms with van der Waals surface area (Å²) in [6.07, 6.45) is 2.51. The van der Waals surface area contributed by atoms with Gasteiger partial charge in [0.15, 0.2) is 0 Å². The third-order valence-electron chi connectivity index (χ3n) is 5.06. The fourth-order valence-electron chi connectivity index (χ4n) is 3.15. The number of halogens is 2. The van der Waals surface area contributed by atoms with Gasteiger partial charge in [0.25, 0.3) is 0 Å². The van der Waals surface area contributed by atoms with Crippen LogP contribution < -0.4 is 9.62 Å². The summed E-state index contributed by atoms with van der Waals surface area (Å²) in [4.78, 5) is 27.1. The molecule has 0 saturated carbocycles. The lowest BCUT2D eigenvalue weighted by Crippen LogP contribution is -2.51. The highest BCUT2D eigenvalue weighted by atomic mass is 32.2. The number of sulfonamides is 1. The zero-order chi connectivity index (χ0) is 24.6. The molecular formula is C23H29F2N3O4S. The number of hydrogen-bond acceptors (Lipinski definition) is 4. The van der Waals surface area contributed by atoms with Gasteiger partial charge in [-0.1, -0.05) is 37.6 Å². The number of hydrogen-bond donors (Lipinski definition) is 1. The molecule has 33 heavy (non-hydrogen) atoms. The number of nitrogens with zero attached hydrogens (tertiary/aromatic N) is 2. The van der Waals surface area contributed by atoms with Gasteiger partial charge in [-0.2, -0.15) is 0 Å². The number of nitrogens with one attached hydrogen (secondary N) is 1. The molecule has 0 aliphatic heterocycles. The van der Waals surface area contributed by atoms with Crippen LogP contribution in [0.1, 0.15) is 32.3 Å². The molecule has 0 heterocycles. The number of unbranched alkanes of at least 4 members (excludes halogenated alkanes) is 1. The van der Waals surface area contributed by atoms with Crippen LogP contribution in [-0.2, 0) is 26.2 Å². The number of benzene rings is 2. The van der Waals surface area contributed by atoms with Crippen LogP contribution in [0, 0.1) is 11.6 Å². The lowest BCUT2D eigenvalue weighted by Gasteiger charge is -2.31. The van der Waals surface area contributed by atoms with Crippen LogP contribution in [-0.4, -0.2) is 50.5 Å². The van der Waals surface area contributed by atoms with Gasteiger partial charge < -0.3 is 10.2 Å². The minimum atomic E-state index is -4.02. The summed E-state index contributed by atoms with van der Waals surface area (Å²) in [7, 11) is -4.02. The molecule has 0 unspecified atom stereocenters. The van der Waals surface area contributed by atoms with Crippen molar-refractivity contribution in [2.75, 3.05) is 23.7 Å². The molecule has 0 aliphatic rings.